The molecule has 1 aliphatic rings. The molecule has 8 heteroatoms. The lowest BCUT2D eigenvalue weighted by atomic mass is 10.1. The van der Waals surface area contributed by atoms with Crippen LogP contribution < -0.4 is 26.0 Å². The molecule has 154 valence electrons. The number of nitrogens with one attached hydrogen (secondary N) is 2. The molecular weight excluding hydrogens is 368 g/mol. The molecule has 3 rings (SSSR count). The molecule has 0 bridgehead atoms. The van der Waals surface area contributed by atoms with E-state index in [1.54, 1.807) is 13.1 Å². The fraction of sp³-hybridized carbons (Fsp3) is 0.381. The van der Waals surface area contributed by atoms with E-state index < -0.39 is 5.91 Å². The molecular formula is C21H28N6O2. The average molecular weight is 396 g/mol. The number of anilines is 1. The van der Waals surface area contributed by atoms with E-state index in [2.05, 4.69) is 31.6 Å². The van der Waals surface area contributed by atoms with Gasteiger partial charge >= 0.3 is 0 Å². The van der Waals surface area contributed by atoms with Crippen molar-refractivity contribution in [2.75, 3.05) is 31.6 Å². The van der Waals surface area contributed by atoms with E-state index in [9.17, 15) is 4.79 Å². The molecule has 0 radical (unpaired) electrons. The maximum absolute atomic E-state index is 10.9. The number of piperidine rings is 1. The van der Waals surface area contributed by atoms with Gasteiger partial charge in [0.05, 0.1) is 0 Å². The quantitative estimate of drug-likeness (QED) is 0.481. The minimum atomic E-state index is -0.493. The largest absolute Gasteiger partial charge is 0.484 e. The third-order valence-corrected chi connectivity index (χ3v) is 4.77. The van der Waals surface area contributed by atoms with Gasteiger partial charge in [0.1, 0.15) is 11.6 Å². The number of carbonyl (C=O) groups excluding carboxylic acids is 1. The van der Waals surface area contributed by atoms with Crippen LogP contribution in [0.2, 0.25) is 0 Å². The SMILES string of the molecule is CN=C(NCc1cccc(OCC(N)=O)c1)NC1CCN(c2ccccn2)CC1. The van der Waals surface area contributed by atoms with E-state index >= 15 is 0 Å². The van der Waals surface area contributed by atoms with Crippen molar-refractivity contribution in [3.8, 4) is 5.75 Å². The summed E-state index contributed by atoms with van der Waals surface area (Å²) in [6, 6.07) is 13.9. The minimum absolute atomic E-state index is 0.128. The van der Waals surface area contributed by atoms with Crippen molar-refractivity contribution in [1.82, 2.24) is 15.6 Å². The van der Waals surface area contributed by atoms with Gasteiger partial charge in [-0.2, -0.15) is 0 Å². The highest BCUT2D eigenvalue weighted by Crippen LogP contribution is 2.17. The van der Waals surface area contributed by atoms with Crippen LogP contribution in [0, 0.1) is 0 Å². The van der Waals surface area contributed by atoms with Gasteiger partial charge < -0.3 is 26.0 Å². The molecule has 2 heterocycles. The molecule has 0 aliphatic carbocycles. The normalized spacial score (nSPS) is 15.1. The zero-order chi connectivity index (χ0) is 20.5. The van der Waals surface area contributed by atoms with Crippen LogP contribution in [0.15, 0.2) is 53.7 Å². The molecule has 0 saturated carbocycles. The van der Waals surface area contributed by atoms with Crippen LogP contribution >= 0.6 is 0 Å². The smallest absolute Gasteiger partial charge is 0.255 e. The van der Waals surface area contributed by atoms with Gasteiger partial charge in [0.25, 0.3) is 5.91 Å². The first kappa shape index (κ1) is 20.4. The number of hydrogen-bond donors (Lipinski definition) is 3. The Kier molecular flexibility index (Phi) is 7.27. The topological polar surface area (TPSA) is 105 Å². The summed E-state index contributed by atoms with van der Waals surface area (Å²) in [6.07, 6.45) is 3.88. The Balaban J connectivity index is 1.45. The van der Waals surface area contributed by atoms with Crippen molar-refractivity contribution in [3.63, 3.8) is 0 Å². The van der Waals surface area contributed by atoms with Gasteiger partial charge in [-0.25, -0.2) is 4.98 Å². The summed E-state index contributed by atoms with van der Waals surface area (Å²) in [5, 5.41) is 6.84. The number of ether oxygens (including phenoxy) is 1. The number of rotatable bonds is 7. The molecule has 8 nitrogen and oxygen atoms in total. The Hall–Kier alpha value is -3.29. The van der Waals surface area contributed by atoms with E-state index in [1.807, 2.05) is 36.5 Å². The van der Waals surface area contributed by atoms with E-state index in [4.69, 9.17) is 10.5 Å². The van der Waals surface area contributed by atoms with Gasteiger partial charge in [-0.15, -0.1) is 0 Å². The second-order valence-electron chi connectivity index (χ2n) is 6.92. The third kappa shape index (κ3) is 6.38. The molecule has 1 aliphatic heterocycles. The predicted molar refractivity (Wildman–Crippen MR) is 114 cm³/mol. The van der Waals surface area contributed by atoms with Crippen LogP contribution in [0.1, 0.15) is 18.4 Å². The molecule has 0 unspecified atom stereocenters. The highest BCUT2D eigenvalue weighted by molar-refractivity contribution is 5.80. The fourth-order valence-electron chi connectivity index (χ4n) is 3.27. The Morgan fingerprint density at radius 2 is 2.10 bits per heavy atom. The number of nitrogens with zero attached hydrogens (tertiary/aromatic N) is 3. The van der Waals surface area contributed by atoms with Crippen molar-refractivity contribution in [1.29, 1.82) is 0 Å². The van der Waals surface area contributed by atoms with Crippen molar-refractivity contribution in [2.24, 2.45) is 10.7 Å². The van der Waals surface area contributed by atoms with Gasteiger partial charge in [0.2, 0.25) is 0 Å². The van der Waals surface area contributed by atoms with Crippen molar-refractivity contribution < 1.29 is 9.53 Å². The number of aliphatic imine (C=N–C) groups is 1. The molecule has 1 fully saturated rings. The van der Waals surface area contributed by atoms with Gasteiger partial charge in [0.15, 0.2) is 12.6 Å². The standard InChI is InChI=1S/C21H28N6O2/c1-23-21(25-14-16-5-4-6-18(13-16)29-15-19(22)28)26-17-8-11-27(12-9-17)20-7-2-3-10-24-20/h2-7,10,13,17H,8-9,11-12,14-15H2,1H3,(H2,22,28)(H2,23,25,26). The molecule has 1 amide bonds. The fourth-order valence-corrected chi connectivity index (χ4v) is 3.27. The summed E-state index contributed by atoms with van der Waals surface area (Å²) in [7, 11) is 1.77. The Morgan fingerprint density at radius 1 is 1.28 bits per heavy atom. The maximum atomic E-state index is 10.9. The van der Waals surface area contributed by atoms with Crippen LogP contribution in [0.25, 0.3) is 0 Å². The number of primary amides is 1. The maximum Gasteiger partial charge on any atom is 0.255 e. The van der Waals surface area contributed by atoms with Crippen LogP contribution in [0.5, 0.6) is 5.75 Å². The number of guanidine groups is 1. The van der Waals surface area contributed by atoms with Crippen molar-refractivity contribution >= 4 is 17.7 Å². The first-order chi connectivity index (χ1) is 14.1. The highest BCUT2D eigenvalue weighted by atomic mass is 16.5. The van der Waals surface area contributed by atoms with Crippen molar-refractivity contribution in [2.45, 2.75) is 25.4 Å². The second-order valence-corrected chi connectivity index (χ2v) is 6.92. The van der Waals surface area contributed by atoms with Crippen LogP contribution in [0.3, 0.4) is 0 Å². The van der Waals surface area contributed by atoms with Crippen molar-refractivity contribution in [3.05, 3.63) is 54.2 Å². The van der Waals surface area contributed by atoms with Crippen LogP contribution in [-0.2, 0) is 11.3 Å². The monoisotopic (exact) mass is 396 g/mol. The number of amides is 1. The molecule has 1 aromatic carbocycles. The molecule has 2 aromatic rings. The molecule has 0 atom stereocenters. The summed E-state index contributed by atoms with van der Waals surface area (Å²) >= 11 is 0. The summed E-state index contributed by atoms with van der Waals surface area (Å²) in [4.78, 5) is 21.9. The summed E-state index contributed by atoms with van der Waals surface area (Å²) in [5.41, 5.74) is 6.15. The molecule has 29 heavy (non-hydrogen) atoms. The third-order valence-electron chi connectivity index (χ3n) is 4.77. The Bertz CT molecular complexity index is 819. The lowest BCUT2D eigenvalue weighted by Gasteiger charge is -2.33. The first-order valence-electron chi connectivity index (χ1n) is 9.77. The molecule has 1 aromatic heterocycles. The van der Waals surface area contributed by atoms with Gasteiger partial charge in [-0.05, 0) is 42.7 Å². The molecule has 4 N–H and O–H groups in total. The van der Waals surface area contributed by atoms with E-state index in [1.165, 1.54) is 0 Å². The van der Waals surface area contributed by atoms with Crippen LogP contribution in [-0.4, -0.2) is 49.6 Å². The zero-order valence-corrected chi connectivity index (χ0v) is 16.7. The Labute approximate surface area is 171 Å². The number of aromatic nitrogens is 1. The number of carbonyl (C=O) groups is 1. The van der Waals surface area contributed by atoms with Gasteiger partial charge in [-0.3, -0.25) is 9.79 Å². The lowest BCUT2D eigenvalue weighted by Crippen LogP contribution is -2.48. The number of pyridine rings is 1. The zero-order valence-electron chi connectivity index (χ0n) is 16.7. The first-order valence-corrected chi connectivity index (χ1v) is 9.77. The number of benzene rings is 1. The number of hydrogen-bond acceptors (Lipinski definition) is 5. The average Bonchev–Trinajstić information content (AvgIpc) is 2.76. The summed E-state index contributed by atoms with van der Waals surface area (Å²) in [6.45, 7) is 2.40. The minimum Gasteiger partial charge on any atom is -0.484 e. The summed E-state index contributed by atoms with van der Waals surface area (Å²) in [5.74, 6) is 1.93. The van der Waals surface area contributed by atoms with Gasteiger partial charge in [0, 0.05) is 38.9 Å². The number of nitrogens with two attached hydrogens (primary N) is 1. The molecule has 1 saturated heterocycles. The Morgan fingerprint density at radius 3 is 2.79 bits per heavy atom. The van der Waals surface area contributed by atoms with Gasteiger partial charge in [-0.1, -0.05) is 18.2 Å². The summed E-state index contributed by atoms with van der Waals surface area (Å²) < 4.78 is 5.35. The lowest BCUT2D eigenvalue weighted by molar-refractivity contribution is -0.119. The second kappa shape index (κ2) is 10.3. The van der Waals surface area contributed by atoms with Crippen LogP contribution in [0.4, 0.5) is 5.82 Å². The highest BCUT2D eigenvalue weighted by Gasteiger charge is 2.20. The van der Waals surface area contributed by atoms with E-state index in [-0.39, 0.29) is 6.61 Å². The molecule has 0 spiro atoms. The van der Waals surface area contributed by atoms with E-state index in [0.717, 1.165) is 43.3 Å². The predicted octanol–water partition coefficient (Wildman–Crippen LogP) is 1.28. The van der Waals surface area contributed by atoms with E-state index in [0.29, 0.717) is 18.3 Å².